The second-order valence-corrected chi connectivity index (χ2v) is 5.09. The minimum atomic E-state index is 0.375. The highest BCUT2D eigenvalue weighted by Gasteiger charge is 2.40. The molecule has 0 radical (unpaired) electrons. The van der Waals surface area contributed by atoms with Gasteiger partial charge in [-0.15, -0.1) is 0 Å². The summed E-state index contributed by atoms with van der Waals surface area (Å²) in [4.78, 5) is 0. The summed E-state index contributed by atoms with van der Waals surface area (Å²) in [5, 5.41) is 3.61. The van der Waals surface area contributed by atoms with Gasteiger partial charge < -0.3 is 10.1 Å². The van der Waals surface area contributed by atoms with Crippen molar-refractivity contribution in [2.24, 2.45) is 5.41 Å². The number of fused-ring (bicyclic) bond motifs is 1. The Morgan fingerprint density at radius 3 is 3.00 bits per heavy atom. The van der Waals surface area contributed by atoms with Crippen LogP contribution < -0.4 is 5.32 Å². The number of nitrogens with one attached hydrogen (secondary N) is 1. The molecule has 1 aliphatic heterocycles. The van der Waals surface area contributed by atoms with Crippen LogP contribution >= 0.6 is 0 Å². The van der Waals surface area contributed by atoms with E-state index in [1.807, 2.05) is 0 Å². The Morgan fingerprint density at radius 2 is 2.15 bits per heavy atom. The average Bonchev–Trinajstić information content (AvgIpc) is 2.29. The number of rotatable bonds is 0. The van der Waals surface area contributed by atoms with Crippen LogP contribution in [0.4, 0.5) is 0 Å². The van der Waals surface area contributed by atoms with E-state index in [-0.39, 0.29) is 0 Å². The van der Waals surface area contributed by atoms with Crippen molar-refractivity contribution in [2.45, 2.75) is 51.7 Å². The van der Waals surface area contributed by atoms with E-state index in [4.69, 9.17) is 4.74 Å². The Bertz CT molecular complexity index is 179. The van der Waals surface area contributed by atoms with E-state index in [1.54, 1.807) is 0 Å². The van der Waals surface area contributed by atoms with Gasteiger partial charge in [0.15, 0.2) is 0 Å². The summed E-state index contributed by atoms with van der Waals surface area (Å²) >= 11 is 0. The molecule has 0 bridgehead atoms. The van der Waals surface area contributed by atoms with Crippen molar-refractivity contribution < 1.29 is 4.74 Å². The fourth-order valence-electron chi connectivity index (χ4n) is 2.74. The quantitative estimate of drug-likeness (QED) is 0.619. The number of hydrogen-bond acceptors (Lipinski definition) is 2. The monoisotopic (exact) mass is 183 g/mol. The van der Waals surface area contributed by atoms with E-state index in [2.05, 4.69) is 19.2 Å². The van der Waals surface area contributed by atoms with E-state index in [0.29, 0.717) is 17.6 Å². The molecular weight excluding hydrogens is 162 g/mol. The lowest BCUT2D eigenvalue weighted by atomic mass is 9.72. The summed E-state index contributed by atoms with van der Waals surface area (Å²) in [6, 6.07) is 0.617. The van der Waals surface area contributed by atoms with Gasteiger partial charge in [-0.25, -0.2) is 0 Å². The molecule has 0 amide bonds. The molecule has 0 spiro atoms. The molecule has 2 unspecified atom stereocenters. The third-order valence-corrected chi connectivity index (χ3v) is 3.50. The highest BCUT2D eigenvalue weighted by atomic mass is 16.5. The highest BCUT2D eigenvalue weighted by molar-refractivity contribution is 4.94. The lowest BCUT2D eigenvalue weighted by Gasteiger charge is -2.42. The van der Waals surface area contributed by atoms with Gasteiger partial charge in [-0.3, -0.25) is 0 Å². The van der Waals surface area contributed by atoms with Crippen LogP contribution in [0.2, 0.25) is 0 Å². The van der Waals surface area contributed by atoms with Crippen LogP contribution in [0.1, 0.15) is 39.5 Å². The summed E-state index contributed by atoms with van der Waals surface area (Å²) < 4.78 is 5.96. The minimum Gasteiger partial charge on any atom is -0.376 e. The minimum absolute atomic E-state index is 0.375. The zero-order valence-corrected chi connectivity index (χ0v) is 8.81. The molecule has 1 aliphatic carbocycles. The first-order chi connectivity index (χ1) is 6.20. The van der Waals surface area contributed by atoms with Crippen LogP contribution in [0, 0.1) is 5.41 Å². The lowest BCUT2D eigenvalue weighted by Crippen LogP contribution is -2.50. The molecule has 2 atom stereocenters. The van der Waals surface area contributed by atoms with Gasteiger partial charge in [-0.1, -0.05) is 20.3 Å². The van der Waals surface area contributed by atoms with Crippen LogP contribution in [0.3, 0.4) is 0 Å². The van der Waals surface area contributed by atoms with Crippen molar-refractivity contribution in [1.82, 2.24) is 5.32 Å². The van der Waals surface area contributed by atoms with Gasteiger partial charge in [0.2, 0.25) is 0 Å². The average molecular weight is 183 g/mol. The molecule has 76 valence electrons. The molecule has 1 saturated carbocycles. The van der Waals surface area contributed by atoms with Gasteiger partial charge in [0.05, 0.1) is 6.10 Å². The maximum Gasteiger partial charge on any atom is 0.0778 e. The maximum atomic E-state index is 5.96. The third-order valence-electron chi connectivity index (χ3n) is 3.50. The zero-order chi connectivity index (χ0) is 9.31. The van der Waals surface area contributed by atoms with Gasteiger partial charge in [0.1, 0.15) is 0 Å². The summed E-state index contributed by atoms with van der Waals surface area (Å²) in [6.07, 6.45) is 5.58. The van der Waals surface area contributed by atoms with Crippen molar-refractivity contribution in [3.8, 4) is 0 Å². The van der Waals surface area contributed by atoms with E-state index in [9.17, 15) is 0 Å². The third kappa shape index (κ3) is 1.89. The van der Waals surface area contributed by atoms with Crippen LogP contribution in [0.5, 0.6) is 0 Å². The molecule has 1 heterocycles. The number of hydrogen-bond donors (Lipinski definition) is 1. The second-order valence-electron chi connectivity index (χ2n) is 5.09. The van der Waals surface area contributed by atoms with Gasteiger partial charge in [-0.05, 0) is 31.2 Å². The topological polar surface area (TPSA) is 21.3 Å². The highest BCUT2D eigenvalue weighted by Crippen LogP contribution is 2.38. The van der Waals surface area contributed by atoms with Crippen LogP contribution in [-0.2, 0) is 4.74 Å². The van der Waals surface area contributed by atoms with Crippen LogP contribution in [0.15, 0.2) is 0 Å². The molecule has 1 N–H and O–H groups in total. The van der Waals surface area contributed by atoms with E-state index >= 15 is 0 Å². The number of ether oxygens (including phenoxy) is 1. The Hall–Kier alpha value is -0.0800. The molecule has 0 aromatic rings. The SMILES string of the molecule is CC1(C)CCCC2NCCCOC21. The largest absolute Gasteiger partial charge is 0.376 e. The zero-order valence-electron chi connectivity index (χ0n) is 8.81. The van der Waals surface area contributed by atoms with Crippen LogP contribution in [0.25, 0.3) is 0 Å². The first-order valence-corrected chi connectivity index (χ1v) is 5.55. The lowest BCUT2D eigenvalue weighted by molar-refractivity contribution is -0.0584. The molecule has 2 aliphatic rings. The molecule has 13 heavy (non-hydrogen) atoms. The van der Waals surface area contributed by atoms with Gasteiger partial charge in [-0.2, -0.15) is 0 Å². The fraction of sp³-hybridized carbons (Fsp3) is 1.00. The molecular formula is C11H21NO. The van der Waals surface area contributed by atoms with Crippen molar-refractivity contribution in [3.05, 3.63) is 0 Å². The first-order valence-electron chi connectivity index (χ1n) is 5.55. The first kappa shape index (κ1) is 9.47. The molecule has 2 nitrogen and oxygen atoms in total. The second kappa shape index (κ2) is 3.58. The van der Waals surface area contributed by atoms with E-state index in [0.717, 1.165) is 13.2 Å². The standard InChI is InChI=1S/C11H21NO/c1-11(2)6-3-5-9-10(11)13-8-4-7-12-9/h9-10,12H,3-8H2,1-2H3. The molecule has 2 heteroatoms. The Labute approximate surface area is 81.0 Å². The van der Waals surface area contributed by atoms with Crippen molar-refractivity contribution in [1.29, 1.82) is 0 Å². The molecule has 1 saturated heterocycles. The molecule has 0 aromatic carbocycles. The maximum absolute atomic E-state index is 5.96. The summed E-state index contributed by atoms with van der Waals surface area (Å²) in [5.74, 6) is 0. The Kier molecular flexibility index (Phi) is 2.61. The normalized spacial score (nSPS) is 39.2. The van der Waals surface area contributed by atoms with E-state index < -0.39 is 0 Å². The summed E-state index contributed by atoms with van der Waals surface area (Å²) in [6.45, 7) is 6.77. The Balaban J connectivity index is 2.10. The summed E-state index contributed by atoms with van der Waals surface area (Å²) in [5.41, 5.74) is 0.375. The predicted molar refractivity (Wildman–Crippen MR) is 53.8 cm³/mol. The van der Waals surface area contributed by atoms with Gasteiger partial charge >= 0.3 is 0 Å². The fourth-order valence-corrected chi connectivity index (χ4v) is 2.74. The predicted octanol–water partition coefficient (Wildman–Crippen LogP) is 1.94. The van der Waals surface area contributed by atoms with E-state index in [1.165, 1.54) is 25.7 Å². The van der Waals surface area contributed by atoms with Crippen molar-refractivity contribution in [3.63, 3.8) is 0 Å². The molecule has 2 rings (SSSR count). The van der Waals surface area contributed by atoms with Crippen molar-refractivity contribution >= 4 is 0 Å². The van der Waals surface area contributed by atoms with Gasteiger partial charge in [0, 0.05) is 12.6 Å². The Morgan fingerprint density at radius 1 is 1.31 bits per heavy atom. The summed E-state index contributed by atoms with van der Waals surface area (Å²) in [7, 11) is 0. The van der Waals surface area contributed by atoms with Gasteiger partial charge in [0.25, 0.3) is 0 Å². The smallest absolute Gasteiger partial charge is 0.0778 e. The molecule has 0 aromatic heterocycles. The van der Waals surface area contributed by atoms with Crippen LogP contribution in [-0.4, -0.2) is 25.3 Å². The van der Waals surface area contributed by atoms with Crippen molar-refractivity contribution in [2.75, 3.05) is 13.2 Å². The molecule has 2 fully saturated rings.